The number of ether oxygens (including phenoxy) is 3. The van der Waals surface area contributed by atoms with Crippen LogP contribution in [0.4, 0.5) is 0 Å². The van der Waals surface area contributed by atoms with Gasteiger partial charge in [0.15, 0.2) is 0 Å². The zero-order valence-electron chi connectivity index (χ0n) is 16.0. The summed E-state index contributed by atoms with van der Waals surface area (Å²) in [6.07, 6.45) is 7.65. The van der Waals surface area contributed by atoms with Crippen molar-refractivity contribution < 1.29 is 19.0 Å². The second-order valence-electron chi connectivity index (χ2n) is 7.93. The average Bonchev–Trinajstić information content (AvgIpc) is 3.38. The van der Waals surface area contributed by atoms with E-state index in [-0.39, 0.29) is 24.7 Å². The average molecular weight is 375 g/mol. The van der Waals surface area contributed by atoms with Crippen molar-refractivity contribution in [2.24, 2.45) is 11.8 Å². The maximum Gasteiger partial charge on any atom is 0.316 e. The molecule has 3 atom stereocenters. The number of carbonyl (C=O) groups excluding carboxylic acids is 1. The van der Waals surface area contributed by atoms with Crippen LogP contribution in [0.15, 0.2) is 12.3 Å². The SMILES string of the molecule is Cc1ccnc(OCC[C@@H]2CO[C@@H]3CN(C(=O)COC4CCCC4)C[C@H]23)n1. The number of hydrogen-bond acceptors (Lipinski definition) is 6. The number of aromatic nitrogens is 2. The van der Waals surface area contributed by atoms with E-state index in [0.717, 1.165) is 38.1 Å². The highest BCUT2D eigenvalue weighted by molar-refractivity contribution is 5.77. The highest BCUT2D eigenvalue weighted by Crippen LogP contribution is 2.35. The van der Waals surface area contributed by atoms with Crippen LogP contribution in [0.5, 0.6) is 6.01 Å². The van der Waals surface area contributed by atoms with Crippen LogP contribution in [0.25, 0.3) is 0 Å². The van der Waals surface area contributed by atoms with Crippen molar-refractivity contribution in [3.05, 3.63) is 18.0 Å². The Morgan fingerprint density at radius 3 is 3.00 bits per heavy atom. The van der Waals surface area contributed by atoms with Crippen LogP contribution in [-0.2, 0) is 14.3 Å². The van der Waals surface area contributed by atoms with Gasteiger partial charge in [-0.25, -0.2) is 9.97 Å². The molecule has 0 radical (unpaired) electrons. The number of fused-ring (bicyclic) bond motifs is 1. The first kappa shape index (κ1) is 18.6. The van der Waals surface area contributed by atoms with Gasteiger partial charge in [0.1, 0.15) is 6.61 Å². The molecule has 2 saturated heterocycles. The Labute approximate surface area is 160 Å². The number of aryl methyl sites for hydroxylation is 1. The molecule has 0 spiro atoms. The van der Waals surface area contributed by atoms with Crippen LogP contribution >= 0.6 is 0 Å². The van der Waals surface area contributed by atoms with Crippen molar-refractivity contribution in [2.45, 2.75) is 51.2 Å². The van der Waals surface area contributed by atoms with E-state index in [9.17, 15) is 4.79 Å². The summed E-state index contributed by atoms with van der Waals surface area (Å²) in [4.78, 5) is 22.8. The molecular formula is C20H29N3O4. The highest BCUT2D eigenvalue weighted by Gasteiger charge is 2.44. The van der Waals surface area contributed by atoms with Crippen LogP contribution in [0.3, 0.4) is 0 Å². The van der Waals surface area contributed by atoms with Crippen molar-refractivity contribution in [1.29, 1.82) is 0 Å². The maximum atomic E-state index is 12.5. The van der Waals surface area contributed by atoms with Gasteiger partial charge in [0, 0.05) is 30.9 Å². The van der Waals surface area contributed by atoms with E-state index in [2.05, 4.69) is 9.97 Å². The molecule has 7 heteroatoms. The molecule has 1 aliphatic carbocycles. The molecule has 0 aromatic carbocycles. The largest absolute Gasteiger partial charge is 0.463 e. The second kappa shape index (κ2) is 8.52. The third-order valence-corrected chi connectivity index (χ3v) is 6.03. The van der Waals surface area contributed by atoms with E-state index >= 15 is 0 Å². The lowest BCUT2D eigenvalue weighted by molar-refractivity contribution is -0.137. The predicted octanol–water partition coefficient (Wildman–Crippen LogP) is 1.99. The summed E-state index contributed by atoms with van der Waals surface area (Å²) in [5.41, 5.74) is 0.897. The number of hydrogen-bond donors (Lipinski definition) is 0. The Bertz CT molecular complexity index is 650. The number of carbonyl (C=O) groups is 1. The molecule has 3 aliphatic rings. The van der Waals surface area contributed by atoms with E-state index in [0.29, 0.717) is 31.0 Å². The van der Waals surface area contributed by atoms with Crippen LogP contribution < -0.4 is 4.74 Å². The van der Waals surface area contributed by atoms with Gasteiger partial charge in [-0.05, 0) is 38.2 Å². The molecule has 148 valence electrons. The van der Waals surface area contributed by atoms with E-state index in [1.54, 1.807) is 6.20 Å². The number of nitrogens with zero attached hydrogens (tertiary/aromatic N) is 3. The fourth-order valence-electron chi connectivity index (χ4n) is 4.43. The Morgan fingerprint density at radius 1 is 1.33 bits per heavy atom. The second-order valence-corrected chi connectivity index (χ2v) is 7.93. The van der Waals surface area contributed by atoms with Gasteiger partial charge < -0.3 is 19.1 Å². The van der Waals surface area contributed by atoms with Gasteiger partial charge in [0.25, 0.3) is 0 Å². The predicted molar refractivity (Wildman–Crippen MR) is 98.4 cm³/mol. The topological polar surface area (TPSA) is 73.8 Å². The molecule has 0 N–H and O–H groups in total. The summed E-state index contributed by atoms with van der Waals surface area (Å²) < 4.78 is 17.4. The number of likely N-dealkylation sites (tertiary alicyclic amines) is 1. The third kappa shape index (κ3) is 4.58. The van der Waals surface area contributed by atoms with Gasteiger partial charge in [-0.2, -0.15) is 0 Å². The minimum absolute atomic E-state index is 0.100. The van der Waals surface area contributed by atoms with Gasteiger partial charge in [-0.3, -0.25) is 4.79 Å². The number of rotatable bonds is 7. The maximum absolute atomic E-state index is 12.5. The normalized spacial score (nSPS) is 27.9. The molecule has 7 nitrogen and oxygen atoms in total. The quantitative estimate of drug-likeness (QED) is 0.726. The van der Waals surface area contributed by atoms with E-state index in [1.165, 1.54) is 12.8 Å². The summed E-state index contributed by atoms with van der Waals surface area (Å²) in [5, 5.41) is 0. The van der Waals surface area contributed by atoms with E-state index in [1.807, 2.05) is 17.9 Å². The third-order valence-electron chi connectivity index (χ3n) is 6.03. The summed E-state index contributed by atoms with van der Waals surface area (Å²) in [5.74, 6) is 0.902. The van der Waals surface area contributed by atoms with Crippen molar-refractivity contribution >= 4 is 5.91 Å². The van der Waals surface area contributed by atoms with Gasteiger partial charge in [-0.15, -0.1) is 0 Å². The molecular weight excluding hydrogens is 346 g/mol. The first-order valence-corrected chi connectivity index (χ1v) is 10.1. The Hall–Kier alpha value is -1.73. The zero-order chi connectivity index (χ0) is 18.6. The fraction of sp³-hybridized carbons (Fsp3) is 0.750. The Morgan fingerprint density at radius 2 is 2.19 bits per heavy atom. The molecule has 1 aromatic heterocycles. The summed E-state index contributed by atoms with van der Waals surface area (Å²) in [6.45, 7) is 4.90. The molecule has 4 rings (SSSR count). The minimum Gasteiger partial charge on any atom is -0.463 e. The summed E-state index contributed by atoms with van der Waals surface area (Å²) >= 11 is 0. The van der Waals surface area contributed by atoms with E-state index in [4.69, 9.17) is 14.2 Å². The molecule has 1 saturated carbocycles. The summed E-state index contributed by atoms with van der Waals surface area (Å²) in [6, 6.07) is 2.28. The van der Waals surface area contributed by atoms with E-state index < -0.39 is 0 Å². The molecule has 0 unspecified atom stereocenters. The number of amides is 1. The first-order chi connectivity index (χ1) is 13.2. The smallest absolute Gasteiger partial charge is 0.316 e. The molecule has 0 bridgehead atoms. The van der Waals surface area contributed by atoms with Gasteiger partial charge in [0.05, 0.1) is 25.4 Å². The van der Waals surface area contributed by atoms with Crippen LogP contribution in [-0.4, -0.2) is 65.9 Å². The monoisotopic (exact) mass is 375 g/mol. The Kier molecular flexibility index (Phi) is 5.88. The van der Waals surface area contributed by atoms with Crippen LogP contribution in [0.1, 0.15) is 37.8 Å². The molecule has 2 aliphatic heterocycles. The molecule has 1 aromatic rings. The molecule has 1 amide bonds. The van der Waals surface area contributed by atoms with Gasteiger partial charge >= 0.3 is 6.01 Å². The molecule has 3 heterocycles. The van der Waals surface area contributed by atoms with Crippen molar-refractivity contribution in [1.82, 2.24) is 14.9 Å². The molecule has 3 fully saturated rings. The summed E-state index contributed by atoms with van der Waals surface area (Å²) in [7, 11) is 0. The van der Waals surface area contributed by atoms with Gasteiger partial charge in [0.2, 0.25) is 5.91 Å². The van der Waals surface area contributed by atoms with Crippen LogP contribution in [0, 0.1) is 18.8 Å². The van der Waals surface area contributed by atoms with Crippen molar-refractivity contribution in [2.75, 3.05) is 32.9 Å². The highest BCUT2D eigenvalue weighted by atomic mass is 16.5. The minimum atomic E-state index is 0.100. The Balaban J connectivity index is 1.21. The lowest BCUT2D eigenvalue weighted by atomic mass is 9.91. The lowest BCUT2D eigenvalue weighted by Gasteiger charge is -2.21. The van der Waals surface area contributed by atoms with Gasteiger partial charge in [-0.1, -0.05) is 12.8 Å². The van der Waals surface area contributed by atoms with Crippen LogP contribution in [0.2, 0.25) is 0 Å². The zero-order valence-corrected chi connectivity index (χ0v) is 16.0. The standard InChI is InChI=1S/C20H29N3O4/c1-14-6-8-21-20(22-14)25-9-7-15-12-27-18-11-23(10-17(15)18)19(24)13-26-16-4-2-3-5-16/h6,8,15-18H,2-5,7,9-13H2,1H3/t15-,17-,18-/m1/s1. The fourth-order valence-corrected chi connectivity index (χ4v) is 4.43. The lowest BCUT2D eigenvalue weighted by Crippen LogP contribution is -2.35. The molecule has 27 heavy (non-hydrogen) atoms. The first-order valence-electron chi connectivity index (χ1n) is 10.1. The van der Waals surface area contributed by atoms with Crippen molar-refractivity contribution in [3.63, 3.8) is 0 Å². The van der Waals surface area contributed by atoms with Crippen molar-refractivity contribution in [3.8, 4) is 6.01 Å².